The molecule has 0 bridgehead atoms. The minimum absolute atomic E-state index is 0.101. The van der Waals surface area contributed by atoms with Gasteiger partial charge < -0.3 is 14.8 Å². The molecule has 0 heterocycles. The van der Waals surface area contributed by atoms with Crippen LogP contribution in [-0.2, 0) is 0 Å². The standard InChI is InChI=1S/C14H20BFO3/c1-2-10-4-3-5-13(6-10)19-14-8-11(15(17)18)7-12(16)9-14/h7-10,13,17-18H,2-6H2,1H3. The Hall–Kier alpha value is -1.07. The van der Waals surface area contributed by atoms with Crippen LogP contribution in [0.5, 0.6) is 5.75 Å². The van der Waals surface area contributed by atoms with E-state index in [4.69, 9.17) is 14.8 Å². The van der Waals surface area contributed by atoms with Gasteiger partial charge in [-0.25, -0.2) is 4.39 Å². The highest BCUT2D eigenvalue weighted by Gasteiger charge is 2.23. The summed E-state index contributed by atoms with van der Waals surface area (Å²) in [5, 5.41) is 18.2. The van der Waals surface area contributed by atoms with Crippen LogP contribution in [0, 0.1) is 11.7 Å². The zero-order valence-electron chi connectivity index (χ0n) is 11.2. The van der Waals surface area contributed by atoms with Gasteiger partial charge in [-0.1, -0.05) is 19.8 Å². The number of benzene rings is 1. The van der Waals surface area contributed by atoms with Gasteiger partial charge in [0.2, 0.25) is 0 Å². The van der Waals surface area contributed by atoms with Crippen molar-refractivity contribution in [3.8, 4) is 5.75 Å². The second-order valence-corrected chi connectivity index (χ2v) is 5.27. The minimum atomic E-state index is -1.67. The lowest BCUT2D eigenvalue weighted by Gasteiger charge is -2.29. The Morgan fingerprint density at radius 1 is 1.32 bits per heavy atom. The molecule has 2 unspecified atom stereocenters. The first-order valence-electron chi connectivity index (χ1n) is 6.91. The quantitative estimate of drug-likeness (QED) is 0.818. The first-order chi connectivity index (χ1) is 9.08. The molecule has 1 saturated carbocycles. The van der Waals surface area contributed by atoms with Crippen molar-refractivity contribution in [2.75, 3.05) is 0 Å². The van der Waals surface area contributed by atoms with E-state index < -0.39 is 12.9 Å². The fourth-order valence-corrected chi connectivity index (χ4v) is 2.71. The lowest BCUT2D eigenvalue weighted by atomic mass is 9.80. The predicted octanol–water partition coefficient (Wildman–Crippen LogP) is 1.85. The number of halogens is 1. The lowest BCUT2D eigenvalue weighted by molar-refractivity contribution is 0.122. The molecule has 0 amide bonds. The maximum absolute atomic E-state index is 13.4. The molecule has 0 radical (unpaired) electrons. The van der Waals surface area contributed by atoms with Gasteiger partial charge in [-0.15, -0.1) is 0 Å². The molecule has 0 aromatic heterocycles. The molecule has 1 fully saturated rings. The van der Waals surface area contributed by atoms with E-state index in [1.54, 1.807) is 0 Å². The summed E-state index contributed by atoms with van der Waals surface area (Å²) in [6, 6.07) is 3.89. The van der Waals surface area contributed by atoms with Crippen molar-refractivity contribution < 1.29 is 19.2 Å². The van der Waals surface area contributed by atoms with E-state index in [-0.39, 0.29) is 11.6 Å². The van der Waals surface area contributed by atoms with Gasteiger partial charge in [-0.2, -0.15) is 0 Å². The van der Waals surface area contributed by atoms with Gasteiger partial charge in [0.05, 0.1) is 6.10 Å². The lowest BCUT2D eigenvalue weighted by Crippen LogP contribution is -2.31. The molecule has 0 saturated heterocycles. The summed E-state index contributed by atoms with van der Waals surface area (Å²) < 4.78 is 19.2. The molecular formula is C14H20BFO3. The predicted molar refractivity (Wildman–Crippen MR) is 72.9 cm³/mol. The van der Waals surface area contributed by atoms with Gasteiger partial charge in [0.1, 0.15) is 11.6 Å². The van der Waals surface area contributed by atoms with Crippen LogP contribution < -0.4 is 10.2 Å². The number of hydrogen-bond acceptors (Lipinski definition) is 3. The molecule has 2 rings (SSSR count). The highest BCUT2D eigenvalue weighted by molar-refractivity contribution is 6.58. The first kappa shape index (κ1) is 14.3. The highest BCUT2D eigenvalue weighted by Crippen LogP contribution is 2.29. The zero-order valence-corrected chi connectivity index (χ0v) is 11.2. The Balaban J connectivity index is 2.06. The molecule has 0 spiro atoms. The molecule has 3 nitrogen and oxygen atoms in total. The average Bonchev–Trinajstić information content (AvgIpc) is 2.38. The molecule has 104 valence electrons. The van der Waals surface area contributed by atoms with E-state index >= 15 is 0 Å². The highest BCUT2D eigenvalue weighted by atomic mass is 19.1. The van der Waals surface area contributed by atoms with Crippen molar-refractivity contribution >= 4 is 12.6 Å². The third-order valence-corrected chi connectivity index (χ3v) is 3.81. The summed E-state index contributed by atoms with van der Waals surface area (Å²) in [7, 11) is -1.67. The van der Waals surface area contributed by atoms with Gasteiger partial charge >= 0.3 is 7.12 Å². The fourth-order valence-electron chi connectivity index (χ4n) is 2.71. The largest absolute Gasteiger partial charge is 0.490 e. The summed E-state index contributed by atoms with van der Waals surface area (Å²) >= 11 is 0. The van der Waals surface area contributed by atoms with Crippen molar-refractivity contribution in [3.63, 3.8) is 0 Å². The van der Waals surface area contributed by atoms with Gasteiger partial charge in [0, 0.05) is 6.07 Å². The number of rotatable bonds is 4. The second kappa shape index (κ2) is 6.39. The summed E-state index contributed by atoms with van der Waals surface area (Å²) in [6.07, 6.45) is 5.58. The van der Waals surface area contributed by atoms with E-state index in [2.05, 4.69) is 6.92 Å². The van der Waals surface area contributed by atoms with Crippen LogP contribution >= 0.6 is 0 Å². The second-order valence-electron chi connectivity index (χ2n) is 5.27. The third kappa shape index (κ3) is 3.95. The Bertz CT molecular complexity index is 425. The molecule has 2 atom stereocenters. The van der Waals surface area contributed by atoms with Crippen molar-refractivity contribution in [2.24, 2.45) is 5.92 Å². The maximum Gasteiger partial charge on any atom is 0.488 e. The maximum atomic E-state index is 13.4. The van der Waals surface area contributed by atoms with Crippen molar-refractivity contribution in [1.82, 2.24) is 0 Å². The van der Waals surface area contributed by atoms with Crippen LogP contribution in [0.2, 0.25) is 0 Å². The minimum Gasteiger partial charge on any atom is -0.490 e. The summed E-state index contributed by atoms with van der Waals surface area (Å²) in [4.78, 5) is 0. The molecule has 5 heteroatoms. The van der Waals surface area contributed by atoms with Crippen LogP contribution in [0.3, 0.4) is 0 Å². The molecular weight excluding hydrogens is 246 g/mol. The molecule has 0 aliphatic heterocycles. The zero-order chi connectivity index (χ0) is 13.8. The Morgan fingerprint density at radius 3 is 2.79 bits per heavy atom. The topological polar surface area (TPSA) is 49.7 Å². The van der Waals surface area contributed by atoms with E-state index in [0.29, 0.717) is 11.7 Å². The normalized spacial score (nSPS) is 23.2. The molecule has 1 aromatic carbocycles. The van der Waals surface area contributed by atoms with E-state index in [0.717, 1.165) is 31.7 Å². The van der Waals surface area contributed by atoms with Crippen LogP contribution in [0.4, 0.5) is 4.39 Å². The first-order valence-corrected chi connectivity index (χ1v) is 6.91. The van der Waals surface area contributed by atoms with E-state index in [9.17, 15) is 4.39 Å². The molecule has 19 heavy (non-hydrogen) atoms. The Kier molecular flexibility index (Phi) is 4.83. The van der Waals surface area contributed by atoms with Crippen molar-refractivity contribution in [2.45, 2.75) is 45.1 Å². The third-order valence-electron chi connectivity index (χ3n) is 3.81. The molecule has 1 aliphatic rings. The smallest absolute Gasteiger partial charge is 0.488 e. The average molecular weight is 266 g/mol. The van der Waals surface area contributed by atoms with Crippen LogP contribution in [0.1, 0.15) is 39.0 Å². The van der Waals surface area contributed by atoms with Gasteiger partial charge in [-0.05, 0) is 42.8 Å². The fraction of sp³-hybridized carbons (Fsp3) is 0.571. The van der Waals surface area contributed by atoms with Crippen LogP contribution in [-0.4, -0.2) is 23.3 Å². The summed E-state index contributed by atoms with van der Waals surface area (Å²) in [5.41, 5.74) is 0.123. The van der Waals surface area contributed by atoms with E-state index in [1.165, 1.54) is 18.6 Å². The van der Waals surface area contributed by atoms with Crippen LogP contribution in [0.25, 0.3) is 0 Å². The molecule has 1 aliphatic carbocycles. The SMILES string of the molecule is CCC1CCCC(Oc2cc(F)cc(B(O)O)c2)C1. The van der Waals surface area contributed by atoms with Crippen molar-refractivity contribution in [3.05, 3.63) is 24.0 Å². The number of ether oxygens (including phenoxy) is 1. The van der Waals surface area contributed by atoms with Gasteiger partial charge in [-0.3, -0.25) is 0 Å². The number of hydrogen-bond donors (Lipinski definition) is 2. The molecule has 2 N–H and O–H groups in total. The molecule has 1 aromatic rings. The summed E-state index contributed by atoms with van der Waals surface area (Å²) in [6.45, 7) is 2.18. The van der Waals surface area contributed by atoms with Crippen molar-refractivity contribution in [1.29, 1.82) is 0 Å². The Labute approximate surface area is 113 Å². The van der Waals surface area contributed by atoms with Gasteiger partial charge in [0.15, 0.2) is 0 Å². The van der Waals surface area contributed by atoms with Gasteiger partial charge in [0.25, 0.3) is 0 Å². The van der Waals surface area contributed by atoms with E-state index in [1.807, 2.05) is 0 Å². The Morgan fingerprint density at radius 2 is 2.11 bits per heavy atom. The monoisotopic (exact) mass is 266 g/mol. The summed E-state index contributed by atoms with van der Waals surface area (Å²) in [5.74, 6) is 0.545. The van der Waals surface area contributed by atoms with Crippen LogP contribution in [0.15, 0.2) is 18.2 Å².